The lowest BCUT2D eigenvalue weighted by atomic mass is 10.3. The summed E-state index contributed by atoms with van der Waals surface area (Å²) >= 11 is 5.61. The van der Waals surface area contributed by atoms with Crippen LogP contribution in [0.25, 0.3) is 11.0 Å². The van der Waals surface area contributed by atoms with E-state index in [1.807, 2.05) is 31.2 Å². The second-order valence-corrected chi connectivity index (χ2v) is 3.64. The van der Waals surface area contributed by atoms with Gasteiger partial charge in [-0.2, -0.15) is 0 Å². The maximum absolute atomic E-state index is 5.61. The Bertz CT molecular complexity index is 470. The van der Waals surface area contributed by atoms with Crippen molar-refractivity contribution in [2.24, 2.45) is 0 Å². The SMILES string of the molecule is Cc1nc2ccccc2nc1NCCCl. The van der Waals surface area contributed by atoms with Crippen LogP contribution in [0.5, 0.6) is 0 Å². The highest BCUT2D eigenvalue weighted by atomic mass is 35.5. The van der Waals surface area contributed by atoms with E-state index < -0.39 is 0 Å². The lowest BCUT2D eigenvalue weighted by Gasteiger charge is -2.07. The fourth-order valence-electron chi connectivity index (χ4n) is 1.42. The molecule has 1 aromatic carbocycles. The lowest BCUT2D eigenvalue weighted by molar-refractivity contribution is 1.12. The molecule has 0 radical (unpaired) electrons. The Morgan fingerprint density at radius 1 is 1.20 bits per heavy atom. The summed E-state index contributed by atoms with van der Waals surface area (Å²) in [5.74, 6) is 1.38. The van der Waals surface area contributed by atoms with Crippen molar-refractivity contribution in [1.82, 2.24) is 9.97 Å². The zero-order chi connectivity index (χ0) is 10.7. The highest BCUT2D eigenvalue weighted by molar-refractivity contribution is 6.18. The predicted octanol–water partition coefficient (Wildman–Crippen LogP) is 2.59. The van der Waals surface area contributed by atoms with Crippen molar-refractivity contribution >= 4 is 28.5 Å². The topological polar surface area (TPSA) is 37.8 Å². The van der Waals surface area contributed by atoms with E-state index in [2.05, 4.69) is 15.3 Å². The molecule has 0 unspecified atom stereocenters. The Balaban J connectivity index is 2.43. The van der Waals surface area contributed by atoms with Gasteiger partial charge in [-0.1, -0.05) is 12.1 Å². The van der Waals surface area contributed by atoms with Gasteiger partial charge < -0.3 is 5.32 Å². The average Bonchev–Trinajstić information content (AvgIpc) is 2.26. The van der Waals surface area contributed by atoms with Gasteiger partial charge in [0.15, 0.2) is 0 Å². The van der Waals surface area contributed by atoms with Gasteiger partial charge in [0, 0.05) is 12.4 Å². The molecule has 1 N–H and O–H groups in total. The molecule has 4 heteroatoms. The molecule has 0 atom stereocenters. The molecule has 15 heavy (non-hydrogen) atoms. The molecule has 2 aromatic rings. The molecule has 0 aliphatic heterocycles. The number of anilines is 1. The maximum atomic E-state index is 5.61. The van der Waals surface area contributed by atoms with Crippen molar-refractivity contribution in [1.29, 1.82) is 0 Å². The van der Waals surface area contributed by atoms with E-state index in [-0.39, 0.29) is 0 Å². The Morgan fingerprint density at radius 2 is 1.87 bits per heavy atom. The standard InChI is InChI=1S/C11H12ClN3/c1-8-11(13-7-6-12)15-10-5-3-2-4-9(10)14-8/h2-5H,6-7H2,1H3,(H,13,15). The molecule has 0 spiro atoms. The summed E-state index contributed by atoms with van der Waals surface area (Å²) in [7, 11) is 0. The molecule has 0 fully saturated rings. The quantitative estimate of drug-likeness (QED) is 0.810. The number of rotatable bonds is 3. The molecule has 0 amide bonds. The normalized spacial score (nSPS) is 10.5. The lowest BCUT2D eigenvalue weighted by Crippen LogP contribution is -2.07. The van der Waals surface area contributed by atoms with Gasteiger partial charge >= 0.3 is 0 Å². The third-order valence-electron chi connectivity index (χ3n) is 2.13. The Morgan fingerprint density at radius 3 is 2.53 bits per heavy atom. The van der Waals surface area contributed by atoms with Crippen LogP contribution in [0.1, 0.15) is 5.69 Å². The van der Waals surface area contributed by atoms with Gasteiger partial charge in [0.25, 0.3) is 0 Å². The highest BCUT2D eigenvalue weighted by Gasteiger charge is 2.03. The van der Waals surface area contributed by atoms with Crippen LogP contribution in [-0.2, 0) is 0 Å². The Kier molecular flexibility index (Phi) is 3.02. The smallest absolute Gasteiger partial charge is 0.148 e. The molecule has 0 aliphatic carbocycles. The summed E-state index contributed by atoms with van der Waals surface area (Å²) in [4.78, 5) is 8.94. The molecule has 0 aliphatic rings. The zero-order valence-corrected chi connectivity index (χ0v) is 9.25. The second-order valence-electron chi connectivity index (χ2n) is 3.26. The van der Waals surface area contributed by atoms with Crippen molar-refractivity contribution in [3.63, 3.8) is 0 Å². The molecule has 2 rings (SSSR count). The van der Waals surface area contributed by atoms with E-state index in [4.69, 9.17) is 11.6 Å². The third-order valence-corrected chi connectivity index (χ3v) is 2.32. The number of alkyl halides is 1. The highest BCUT2D eigenvalue weighted by Crippen LogP contribution is 2.15. The van der Waals surface area contributed by atoms with Crippen LogP contribution < -0.4 is 5.32 Å². The number of aryl methyl sites for hydroxylation is 1. The number of benzene rings is 1. The number of hydrogen-bond donors (Lipinski definition) is 1. The fourth-order valence-corrected chi connectivity index (χ4v) is 1.52. The van der Waals surface area contributed by atoms with Gasteiger partial charge in [0.2, 0.25) is 0 Å². The second kappa shape index (κ2) is 4.45. The van der Waals surface area contributed by atoms with Gasteiger partial charge in [0.05, 0.1) is 16.7 Å². The summed E-state index contributed by atoms with van der Waals surface area (Å²) < 4.78 is 0. The molecule has 0 saturated heterocycles. The van der Waals surface area contributed by atoms with Crippen LogP contribution in [0.3, 0.4) is 0 Å². The number of nitrogens with one attached hydrogen (secondary N) is 1. The Hall–Kier alpha value is -1.35. The van der Waals surface area contributed by atoms with E-state index in [9.17, 15) is 0 Å². The number of hydrogen-bond acceptors (Lipinski definition) is 3. The minimum Gasteiger partial charge on any atom is -0.367 e. The molecular formula is C11H12ClN3. The first-order valence-corrected chi connectivity index (χ1v) is 5.38. The number of fused-ring (bicyclic) bond motifs is 1. The van der Waals surface area contributed by atoms with E-state index in [1.165, 1.54) is 0 Å². The number of para-hydroxylation sites is 2. The first-order valence-electron chi connectivity index (χ1n) is 4.84. The van der Waals surface area contributed by atoms with E-state index >= 15 is 0 Å². The van der Waals surface area contributed by atoms with Crippen LogP contribution in [0.15, 0.2) is 24.3 Å². The first kappa shape index (κ1) is 10.2. The van der Waals surface area contributed by atoms with E-state index in [0.29, 0.717) is 12.4 Å². The van der Waals surface area contributed by atoms with Crippen molar-refractivity contribution in [2.45, 2.75) is 6.92 Å². The molecule has 78 valence electrons. The molecule has 1 aromatic heterocycles. The van der Waals surface area contributed by atoms with E-state index in [1.54, 1.807) is 0 Å². The molecule has 1 heterocycles. The van der Waals surface area contributed by atoms with Crippen molar-refractivity contribution in [3.05, 3.63) is 30.0 Å². The minimum absolute atomic E-state index is 0.563. The van der Waals surface area contributed by atoms with Crippen LogP contribution in [0.2, 0.25) is 0 Å². The van der Waals surface area contributed by atoms with E-state index in [0.717, 1.165) is 22.5 Å². The average molecular weight is 222 g/mol. The third kappa shape index (κ3) is 2.18. The minimum atomic E-state index is 0.563. The zero-order valence-electron chi connectivity index (χ0n) is 8.50. The largest absolute Gasteiger partial charge is 0.367 e. The molecule has 0 bridgehead atoms. The number of nitrogens with zero attached hydrogens (tertiary/aromatic N) is 2. The van der Waals surface area contributed by atoms with Gasteiger partial charge in [-0.25, -0.2) is 9.97 Å². The van der Waals surface area contributed by atoms with Crippen molar-refractivity contribution in [2.75, 3.05) is 17.7 Å². The molecule has 0 saturated carbocycles. The van der Waals surface area contributed by atoms with Crippen molar-refractivity contribution in [3.8, 4) is 0 Å². The summed E-state index contributed by atoms with van der Waals surface area (Å²) in [6.07, 6.45) is 0. The van der Waals surface area contributed by atoms with Crippen LogP contribution in [0.4, 0.5) is 5.82 Å². The summed E-state index contributed by atoms with van der Waals surface area (Å²) in [5, 5.41) is 3.15. The fraction of sp³-hybridized carbons (Fsp3) is 0.273. The van der Waals surface area contributed by atoms with Gasteiger partial charge in [-0.3, -0.25) is 0 Å². The first-order chi connectivity index (χ1) is 7.31. The maximum Gasteiger partial charge on any atom is 0.148 e. The van der Waals surface area contributed by atoms with Crippen molar-refractivity contribution < 1.29 is 0 Å². The molecular weight excluding hydrogens is 210 g/mol. The number of aromatic nitrogens is 2. The number of halogens is 1. The summed E-state index contributed by atoms with van der Waals surface area (Å²) in [5.41, 5.74) is 2.73. The summed E-state index contributed by atoms with van der Waals surface area (Å²) in [6, 6.07) is 7.83. The van der Waals surface area contributed by atoms with Gasteiger partial charge in [0.1, 0.15) is 5.82 Å². The van der Waals surface area contributed by atoms with Crippen LogP contribution in [-0.4, -0.2) is 22.4 Å². The Labute approximate surface area is 93.5 Å². The van der Waals surface area contributed by atoms with Gasteiger partial charge in [-0.05, 0) is 19.1 Å². The monoisotopic (exact) mass is 221 g/mol. The van der Waals surface area contributed by atoms with Gasteiger partial charge in [-0.15, -0.1) is 11.6 Å². The van der Waals surface area contributed by atoms with Crippen LogP contribution >= 0.6 is 11.6 Å². The predicted molar refractivity (Wildman–Crippen MR) is 63.5 cm³/mol. The molecule has 3 nitrogen and oxygen atoms in total. The summed E-state index contributed by atoms with van der Waals surface area (Å²) in [6.45, 7) is 2.64. The van der Waals surface area contributed by atoms with Crippen LogP contribution in [0, 0.1) is 6.92 Å².